The lowest BCUT2D eigenvalue weighted by Crippen LogP contribution is -1.89. The topological polar surface area (TPSA) is 67.6 Å². The van der Waals surface area contributed by atoms with Crippen molar-refractivity contribution >= 4 is 17.2 Å². The Balaban J connectivity index is 2.23. The molecule has 0 amide bonds. The third kappa shape index (κ3) is 1.67. The summed E-state index contributed by atoms with van der Waals surface area (Å²) in [7, 11) is 0. The van der Waals surface area contributed by atoms with Gasteiger partial charge in [0.1, 0.15) is 0 Å². The Morgan fingerprint density at radius 2 is 2.22 bits per heavy atom. The first kappa shape index (κ1) is 10.9. The second-order valence-electron chi connectivity index (χ2n) is 3.69. The van der Waals surface area contributed by atoms with Crippen LogP contribution in [0, 0.1) is 5.82 Å². The number of aromatic amines is 1. The number of hydrogen-bond donors (Lipinski definition) is 2. The van der Waals surface area contributed by atoms with Gasteiger partial charge in [0.2, 0.25) is 0 Å². The van der Waals surface area contributed by atoms with Crippen molar-refractivity contribution in [2.24, 2.45) is 0 Å². The van der Waals surface area contributed by atoms with Gasteiger partial charge in [-0.15, -0.1) is 11.3 Å². The first-order valence-electron chi connectivity index (χ1n) is 5.25. The quantitative estimate of drug-likeness (QED) is 0.744. The van der Waals surface area contributed by atoms with Crippen molar-refractivity contribution in [2.45, 2.75) is 0 Å². The summed E-state index contributed by atoms with van der Waals surface area (Å²) >= 11 is 1.53. The second-order valence-corrected chi connectivity index (χ2v) is 4.64. The molecule has 0 fully saturated rings. The van der Waals surface area contributed by atoms with Crippen LogP contribution in [0.15, 0.2) is 36.0 Å². The van der Waals surface area contributed by atoms with Crippen molar-refractivity contribution in [3.63, 3.8) is 0 Å². The van der Waals surface area contributed by atoms with E-state index in [9.17, 15) is 4.39 Å². The molecule has 0 spiro atoms. The van der Waals surface area contributed by atoms with Gasteiger partial charge in [0.05, 0.1) is 17.5 Å². The van der Waals surface area contributed by atoms with Gasteiger partial charge in [0.25, 0.3) is 0 Å². The van der Waals surface area contributed by atoms with Crippen LogP contribution < -0.4 is 5.73 Å². The minimum absolute atomic E-state index is 0.365. The van der Waals surface area contributed by atoms with Crippen LogP contribution in [0.4, 0.5) is 10.2 Å². The third-order valence-electron chi connectivity index (χ3n) is 2.60. The number of H-pyrrole nitrogens is 1. The fourth-order valence-corrected chi connectivity index (χ4v) is 2.58. The summed E-state index contributed by atoms with van der Waals surface area (Å²) in [5, 5.41) is 8.68. The van der Waals surface area contributed by atoms with Crippen LogP contribution in [0.5, 0.6) is 0 Å². The molecule has 3 rings (SSSR count). The molecule has 0 aliphatic rings. The summed E-state index contributed by atoms with van der Waals surface area (Å²) in [6, 6.07) is 5.44. The van der Waals surface area contributed by atoms with Crippen molar-refractivity contribution in [2.75, 3.05) is 5.73 Å². The maximum absolute atomic E-state index is 13.8. The zero-order chi connectivity index (χ0) is 12.5. The van der Waals surface area contributed by atoms with Crippen molar-refractivity contribution in [3.8, 4) is 21.7 Å². The van der Waals surface area contributed by atoms with Gasteiger partial charge in [-0.05, 0) is 17.5 Å². The highest BCUT2D eigenvalue weighted by molar-refractivity contribution is 7.13. The summed E-state index contributed by atoms with van der Waals surface area (Å²) in [6.07, 6.45) is 2.71. The average Bonchev–Trinajstić information content (AvgIpc) is 2.98. The molecular weight excluding hydrogens is 251 g/mol. The fraction of sp³-hybridized carbons (Fsp3) is 0. The number of pyridine rings is 1. The highest BCUT2D eigenvalue weighted by atomic mass is 32.1. The Hall–Kier alpha value is -2.21. The minimum atomic E-state index is -0.404. The first-order valence-corrected chi connectivity index (χ1v) is 6.13. The molecule has 0 aromatic carbocycles. The second kappa shape index (κ2) is 4.23. The predicted octanol–water partition coefficient (Wildman–Crippen LogP) is 2.92. The number of rotatable bonds is 2. The maximum atomic E-state index is 13.8. The van der Waals surface area contributed by atoms with Crippen LogP contribution in [0.25, 0.3) is 21.7 Å². The predicted molar refractivity (Wildman–Crippen MR) is 69.5 cm³/mol. The van der Waals surface area contributed by atoms with E-state index in [0.29, 0.717) is 17.1 Å². The van der Waals surface area contributed by atoms with Crippen LogP contribution in [0.1, 0.15) is 0 Å². The lowest BCUT2D eigenvalue weighted by molar-refractivity contribution is 0.624. The van der Waals surface area contributed by atoms with Gasteiger partial charge in [-0.1, -0.05) is 6.07 Å². The summed E-state index contributed by atoms with van der Waals surface area (Å²) in [5.74, 6) is -0.0392. The third-order valence-corrected chi connectivity index (χ3v) is 3.49. The summed E-state index contributed by atoms with van der Waals surface area (Å²) in [5.41, 5.74) is 7.57. The number of aromatic nitrogens is 3. The van der Waals surface area contributed by atoms with E-state index in [2.05, 4.69) is 15.2 Å². The summed E-state index contributed by atoms with van der Waals surface area (Å²) in [4.78, 5) is 4.68. The molecule has 3 aromatic rings. The lowest BCUT2D eigenvalue weighted by atomic mass is 10.1. The molecule has 3 aromatic heterocycles. The van der Waals surface area contributed by atoms with E-state index in [-0.39, 0.29) is 0 Å². The van der Waals surface area contributed by atoms with Crippen molar-refractivity contribution in [1.82, 2.24) is 15.2 Å². The van der Waals surface area contributed by atoms with E-state index in [1.807, 2.05) is 17.5 Å². The van der Waals surface area contributed by atoms with Gasteiger partial charge in [0, 0.05) is 16.6 Å². The molecule has 0 unspecified atom stereocenters. The van der Waals surface area contributed by atoms with E-state index in [1.165, 1.54) is 23.7 Å². The van der Waals surface area contributed by atoms with Crippen molar-refractivity contribution < 1.29 is 4.39 Å². The Bertz CT molecular complexity index is 675. The van der Waals surface area contributed by atoms with E-state index >= 15 is 0 Å². The summed E-state index contributed by atoms with van der Waals surface area (Å²) < 4.78 is 13.8. The van der Waals surface area contributed by atoms with Gasteiger partial charge < -0.3 is 5.73 Å². The van der Waals surface area contributed by atoms with Crippen molar-refractivity contribution in [1.29, 1.82) is 0 Å². The van der Waals surface area contributed by atoms with Crippen LogP contribution in [0.2, 0.25) is 0 Å². The molecule has 6 heteroatoms. The SMILES string of the molecule is Nc1n[nH]c(-c2ccncc2F)c1-c1cccs1. The number of anilines is 1. The summed E-state index contributed by atoms with van der Waals surface area (Å²) in [6.45, 7) is 0. The molecule has 0 saturated heterocycles. The smallest absolute Gasteiger partial charge is 0.154 e. The van der Waals surface area contributed by atoms with Gasteiger partial charge in [-0.2, -0.15) is 5.10 Å². The van der Waals surface area contributed by atoms with Gasteiger partial charge in [-0.25, -0.2) is 4.39 Å². The molecule has 0 aliphatic carbocycles. The molecule has 0 aliphatic heterocycles. The maximum Gasteiger partial charge on any atom is 0.154 e. The highest BCUT2D eigenvalue weighted by Gasteiger charge is 2.17. The average molecular weight is 260 g/mol. The number of nitrogens with zero attached hydrogens (tertiary/aromatic N) is 2. The Morgan fingerprint density at radius 1 is 1.33 bits per heavy atom. The number of nitrogens with one attached hydrogen (secondary N) is 1. The zero-order valence-electron chi connectivity index (χ0n) is 9.22. The van der Waals surface area contributed by atoms with E-state index in [4.69, 9.17) is 5.73 Å². The number of thiophene rings is 1. The van der Waals surface area contributed by atoms with Crippen LogP contribution in [0.3, 0.4) is 0 Å². The monoisotopic (exact) mass is 260 g/mol. The largest absolute Gasteiger partial charge is 0.382 e. The molecule has 3 N–H and O–H groups in total. The number of nitrogens with two attached hydrogens (primary N) is 1. The number of nitrogen functional groups attached to an aromatic ring is 1. The zero-order valence-corrected chi connectivity index (χ0v) is 10.0. The van der Waals surface area contributed by atoms with E-state index in [1.54, 1.807) is 6.07 Å². The lowest BCUT2D eigenvalue weighted by Gasteiger charge is -2.03. The number of hydrogen-bond acceptors (Lipinski definition) is 4. The Kier molecular flexibility index (Phi) is 2.56. The first-order chi connectivity index (χ1) is 8.77. The van der Waals surface area contributed by atoms with E-state index in [0.717, 1.165) is 10.4 Å². The van der Waals surface area contributed by atoms with Crippen LogP contribution in [-0.2, 0) is 0 Å². The van der Waals surface area contributed by atoms with Gasteiger partial charge >= 0.3 is 0 Å². The standard InChI is InChI=1S/C12H9FN4S/c13-8-6-15-4-3-7(8)11-10(12(14)17-16-11)9-2-1-5-18-9/h1-6H,(H3,14,16,17). The van der Waals surface area contributed by atoms with E-state index < -0.39 is 5.82 Å². The van der Waals surface area contributed by atoms with Crippen LogP contribution in [-0.4, -0.2) is 15.2 Å². The molecule has 18 heavy (non-hydrogen) atoms. The van der Waals surface area contributed by atoms with Crippen molar-refractivity contribution in [3.05, 3.63) is 41.8 Å². The minimum Gasteiger partial charge on any atom is -0.382 e. The molecule has 4 nitrogen and oxygen atoms in total. The molecule has 90 valence electrons. The van der Waals surface area contributed by atoms with Gasteiger partial charge in [-0.3, -0.25) is 10.1 Å². The van der Waals surface area contributed by atoms with Gasteiger partial charge in [0.15, 0.2) is 11.6 Å². The molecule has 3 heterocycles. The molecule has 0 saturated carbocycles. The molecule has 0 bridgehead atoms. The molecule has 0 radical (unpaired) electrons. The van der Waals surface area contributed by atoms with Crippen LogP contribution >= 0.6 is 11.3 Å². The Labute approximate surface area is 106 Å². The fourth-order valence-electron chi connectivity index (χ4n) is 1.80. The Morgan fingerprint density at radius 3 is 2.94 bits per heavy atom. The highest BCUT2D eigenvalue weighted by Crippen LogP contribution is 2.37. The molecular formula is C12H9FN4S. The normalized spacial score (nSPS) is 10.7. The molecule has 0 atom stereocenters. The number of halogens is 1.